The number of carbonyl (C=O) groups is 1. The van der Waals surface area contributed by atoms with Crippen LogP contribution in [0.2, 0.25) is 0 Å². The first-order valence-corrected chi connectivity index (χ1v) is 6.42. The summed E-state index contributed by atoms with van der Waals surface area (Å²) < 4.78 is 5.70. The van der Waals surface area contributed by atoms with Crippen LogP contribution in [-0.4, -0.2) is 26.5 Å². The first kappa shape index (κ1) is 14.8. The third-order valence-electron chi connectivity index (χ3n) is 2.92. The zero-order chi connectivity index (χ0) is 15.4. The Hall–Kier alpha value is -2.60. The van der Waals surface area contributed by atoms with E-state index in [9.17, 15) is 4.79 Å². The van der Waals surface area contributed by atoms with Crippen LogP contribution in [0.15, 0.2) is 42.5 Å². The van der Waals surface area contributed by atoms with Gasteiger partial charge in [0.25, 0.3) is 0 Å². The van der Waals surface area contributed by atoms with Gasteiger partial charge in [0.1, 0.15) is 11.5 Å². The highest BCUT2D eigenvalue weighted by molar-refractivity contribution is 7.79. The predicted molar refractivity (Wildman–Crippen MR) is 80.6 cm³/mol. The molecular formula is C15H12O5S. The van der Waals surface area contributed by atoms with Gasteiger partial charge >= 0.3 is 11.2 Å². The number of hydrogen-bond donors (Lipinski definition) is 3. The third-order valence-corrected chi connectivity index (χ3v) is 2.92. The average Bonchev–Trinajstić information content (AvgIpc) is 2.43. The molecule has 0 amide bonds. The van der Waals surface area contributed by atoms with Crippen molar-refractivity contribution in [3.8, 4) is 11.5 Å². The summed E-state index contributed by atoms with van der Waals surface area (Å²) in [4.78, 5) is 11.1. The van der Waals surface area contributed by atoms with Gasteiger partial charge in [0.15, 0.2) is 0 Å². The molecule has 3 rings (SSSR count). The number of hydrogen-bond acceptors (Lipinski definition) is 3. The predicted octanol–water partition coefficient (Wildman–Crippen LogP) is 3.47. The van der Waals surface area contributed by atoms with Crippen molar-refractivity contribution in [1.82, 2.24) is 0 Å². The number of carboxylic acid groups (broad SMARTS) is 1. The number of para-hydroxylation sites is 1. The normalized spacial score (nSPS) is 11.0. The second-order valence-electron chi connectivity index (χ2n) is 4.26. The van der Waals surface area contributed by atoms with E-state index in [1.807, 2.05) is 24.3 Å². The van der Waals surface area contributed by atoms with E-state index in [0.717, 1.165) is 16.9 Å². The first-order chi connectivity index (χ1) is 9.99. The van der Waals surface area contributed by atoms with Gasteiger partial charge in [0.05, 0.1) is 5.56 Å². The van der Waals surface area contributed by atoms with Gasteiger partial charge in [-0.3, -0.25) is 0 Å². The lowest BCUT2D eigenvalue weighted by atomic mass is 9.96. The van der Waals surface area contributed by atoms with Gasteiger partial charge in [0, 0.05) is 24.2 Å². The van der Waals surface area contributed by atoms with E-state index in [4.69, 9.17) is 20.1 Å². The molecule has 0 atom stereocenters. The van der Waals surface area contributed by atoms with Crippen molar-refractivity contribution in [3.05, 3.63) is 59.2 Å². The monoisotopic (exact) mass is 304 g/mol. The Morgan fingerprint density at radius 1 is 1.00 bits per heavy atom. The second kappa shape index (κ2) is 6.23. The van der Waals surface area contributed by atoms with Crippen LogP contribution in [0, 0.1) is 0 Å². The maximum Gasteiger partial charge on any atom is 0.347 e. The van der Waals surface area contributed by atoms with Crippen LogP contribution in [-0.2, 0) is 6.42 Å². The van der Waals surface area contributed by atoms with E-state index >= 15 is 0 Å². The van der Waals surface area contributed by atoms with Crippen LogP contribution < -0.4 is 4.74 Å². The topological polar surface area (TPSA) is 87.0 Å². The largest absolute Gasteiger partial charge is 0.478 e. The Kier molecular flexibility index (Phi) is 4.39. The van der Waals surface area contributed by atoms with Crippen LogP contribution in [0.4, 0.5) is 0 Å². The van der Waals surface area contributed by atoms with Crippen molar-refractivity contribution >= 4 is 23.4 Å². The van der Waals surface area contributed by atoms with E-state index in [1.165, 1.54) is 0 Å². The molecule has 0 spiro atoms. The van der Waals surface area contributed by atoms with Crippen molar-refractivity contribution in [2.75, 3.05) is 0 Å². The summed E-state index contributed by atoms with van der Waals surface area (Å²) in [5, 5.41) is 22.8. The fourth-order valence-electron chi connectivity index (χ4n) is 2.10. The number of fused-ring (bicyclic) bond motifs is 2. The third kappa shape index (κ3) is 3.49. The number of aromatic carboxylic acids is 1. The van der Waals surface area contributed by atoms with Gasteiger partial charge in [-0.1, -0.05) is 24.3 Å². The maximum atomic E-state index is 11.1. The van der Waals surface area contributed by atoms with Crippen molar-refractivity contribution in [1.29, 1.82) is 0 Å². The molecule has 0 bridgehead atoms. The Morgan fingerprint density at radius 2 is 1.62 bits per heavy atom. The fourth-order valence-corrected chi connectivity index (χ4v) is 2.10. The molecule has 2 aromatic carbocycles. The molecule has 3 N–H and O–H groups in total. The summed E-state index contributed by atoms with van der Waals surface area (Å²) in [5.41, 5.74) is 2.09. The van der Waals surface area contributed by atoms with E-state index in [2.05, 4.69) is 12.2 Å². The first-order valence-electron chi connectivity index (χ1n) is 6.02. The molecule has 2 aromatic rings. The Labute approximate surface area is 126 Å². The molecule has 1 aliphatic heterocycles. The number of benzene rings is 2. The molecule has 1 aliphatic rings. The van der Waals surface area contributed by atoms with Gasteiger partial charge in [0.2, 0.25) is 0 Å². The summed E-state index contributed by atoms with van der Waals surface area (Å²) >= 11 is 3.65. The molecule has 21 heavy (non-hydrogen) atoms. The lowest BCUT2D eigenvalue weighted by molar-refractivity contribution is 0.0695. The molecule has 108 valence electrons. The van der Waals surface area contributed by atoms with Crippen molar-refractivity contribution in [2.24, 2.45) is 0 Å². The molecule has 0 saturated heterocycles. The zero-order valence-electron chi connectivity index (χ0n) is 10.8. The number of ether oxygens (including phenoxy) is 1. The van der Waals surface area contributed by atoms with Crippen LogP contribution in [0.5, 0.6) is 11.5 Å². The van der Waals surface area contributed by atoms with Crippen molar-refractivity contribution < 1.29 is 24.9 Å². The van der Waals surface area contributed by atoms with E-state index in [0.29, 0.717) is 17.7 Å². The number of thiocarbonyl (C=S) groups is 1. The van der Waals surface area contributed by atoms with Gasteiger partial charge in [-0.2, -0.15) is 0 Å². The molecule has 0 radical (unpaired) electrons. The lowest BCUT2D eigenvalue weighted by Gasteiger charge is -2.21. The smallest absolute Gasteiger partial charge is 0.347 e. The number of rotatable bonds is 1. The van der Waals surface area contributed by atoms with Gasteiger partial charge < -0.3 is 20.1 Å². The van der Waals surface area contributed by atoms with E-state index < -0.39 is 11.2 Å². The minimum atomic E-state index is -1.000. The highest BCUT2D eigenvalue weighted by Crippen LogP contribution is 2.37. The van der Waals surface area contributed by atoms with Gasteiger partial charge in [-0.05, 0) is 23.8 Å². The van der Waals surface area contributed by atoms with Crippen LogP contribution in [0.1, 0.15) is 21.5 Å². The highest BCUT2D eigenvalue weighted by atomic mass is 32.1. The molecular weight excluding hydrogens is 292 g/mol. The molecule has 0 aliphatic carbocycles. The highest BCUT2D eigenvalue weighted by Gasteiger charge is 2.21. The summed E-state index contributed by atoms with van der Waals surface area (Å²) in [6, 6.07) is 12.8. The van der Waals surface area contributed by atoms with Crippen LogP contribution in [0.25, 0.3) is 0 Å². The number of carboxylic acids is 1. The minimum Gasteiger partial charge on any atom is -0.478 e. The molecule has 0 aromatic heterocycles. The van der Waals surface area contributed by atoms with Crippen molar-refractivity contribution in [3.63, 3.8) is 0 Å². The maximum absolute atomic E-state index is 11.1. The fraction of sp³-hybridized carbons (Fsp3) is 0.0667. The molecule has 1 heterocycles. The SMILES string of the molecule is O=C(O)c1cccc2c1Cc1ccccc1O2.OC(O)=S. The van der Waals surface area contributed by atoms with Crippen LogP contribution >= 0.6 is 12.2 Å². The van der Waals surface area contributed by atoms with Crippen LogP contribution in [0.3, 0.4) is 0 Å². The molecule has 0 unspecified atom stereocenters. The average molecular weight is 304 g/mol. The Morgan fingerprint density at radius 3 is 2.29 bits per heavy atom. The summed E-state index contributed by atoms with van der Waals surface area (Å²) in [5.74, 6) is 0.538. The molecule has 0 saturated carbocycles. The summed E-state index contributed by atoms with van der Waals surface area (Å²) in [7, 11) is 0. The standard InChI is InChI=1S/C14H10O3.CH2O2S/c15-14(16)10-5-3-7-13-11(10)8-9-4-1-2-6-12(9)17-13;2-1(3)4/h1-7H,8H2,(H,15,16);(H2,2,3,4). The minimum absolute atomic E-state index is 0.317. The lowest BCUT2D eigenvalue weighted by Crippen LogP contribution is -2.09. The van der Waals surface area contributed by atoms with E-state index in [1.54, 1.807) is 18.2 Å². The quantitative estimate of drug-likeness (QED) is 0.597. The van der Waals surface area contributed by atoms with Gasteiger partial charge in [-0.25, -0.2) is 4.79 Å². The zero-order valence-corrected chi connectivity index (χ0v) is 11.6. The Bertz CT molecular complexity index is 692. The molecule has 5 nitrogen and oxygen atoms in total. The number of aliphatic hydroxyl groups is 2. The summed E-state index contributed by atoms with van der Waals surface area (Å²) in [6.45, 7) is 0. The van der Waals surface area contributed by atoms with Gasteiger partial charge in [-0.15, -0.1) is 0 Å². The Balaban J connectivity index is 0.000000361. The van der Waals surface area contributed by atoms with Crippen molar-refractivity contribution in [2.45, 2.75) is 6.42 Å². The summed E-state index contributed by atoms with van der Waals surface area (Å²) in [6.07, 6.45) is 0.605. The second-order valence-corrected chi connectivity index (χ2v) is 4.62. The molecule has 6 heteroatoms. The molecule has 0 fully saturated rings. The number of aliphatic hydroxyl groups excluding tert-OH is 1. The van der Waals surface area contributed by atoms with E-state index in [-0.39, 0.29) is 0 Å².